The van der Waals surface area contributed by atoms with Gasteiger partial charge in [0, 0.05) is 7.11 Å². The monoisotopic (exact) mass is 340 g/mol. The van der Waals surface area contributed by atoms with Crippen LogP contribution in [0.4, 0.5) is 0 Å². The summed E-state index contributed by atoms with van der Waals surface area (Å²) in [6.45, 7) is 7.23. The van der Waals surface area contributed by atoms with E-state index in [2.05, 4.69) is 0 Å². The van der Waals surface area contributed by atoms with Crippen LogP contribution < -0.4 is 0 Å². The highest BCUT2D eigenvalue weighted by Crippen LogP contribution is 2.28. The first kappa shape index (κ1) is 22.2. The Balaban J connectivity index is 0.000000496. The zero-order valence-corrected chi connectivity index (χ0v) is 15.1. The minimum atomic E-state index is -1.03. The molecule has 0 unspecified atom stereocenters. The Morgan fingerprint density at radius 1 is 1.08 bits per heavy atom. The zero-order valence-electron chi connectivity index (χ0n) is 15.1. The minimum Gasteiger partial charge on any atom is -0.480 e. The summed E-state index contributed by atoms with van der Waals surface area (Å²) < 4.78 is 15.4. The molecular weight excluding hydrogens is 312 g/mol. The van der Waals surface area contributed by atoms with Crippen molar-refractivity contribution in [1.82, 2.24) is 0 Å². The molecule has 24 heavy (non-hydrogen) atoms. The molecule has 0 saturated carbocycles. The summed E-state index contributed by atoms with van der Waals surface area (Å²) in [6.07, 6.45) is 0.648. The number of rotatable bonds is 9. The fourth-order valence-corrected chi connectivity index (χ4v) is 1.57. The van der Waals surface area contributed by atoms with Gasteiger partial charge in [0.1, 0.15) is 19.5 Å². The van der Waals surface area contributed by atoms with Crippen molar-refractivity contribution in [2.45, 2.75) is 45.5 Å². The van der Waals surface area contributed by atoms with Gasteiger partial charge in [-0.15, -0.1) is 0 Å². The highest BCUT2D eigenvalue weighted by atomic mass is 16.6. The second-order valence-electron chi connectivity index (χ2n) is 6.10. The molecule has 0 radical (unpaired) electrons. The molecule has 1 N–H and O–H groups in total. The van der Waals surface area contributed by atoms with Crippen LogP contribution in [0.3, 0.4) is 0 Å². The van der Waals surface area contributed by atoms with Crippen LogP contribution in [-0.2, 0) is 30.4 Å². The van der Waals surface area contributed by atoms with Gasteiger partial charge in [-0.05, 0) is 33.3 Å². The molecule has 0 aliphatic heterocycles. The number of hydrogen-bond acceptors (Lipinski definition) is 5. The van der Waals surface area contributed by atoms with Gasteiger partial charge in [-0.25, -0.2) is 4.79 Å². The van der Waals surface area contributed by atoms with Crippen LogP contribution in [0.2, 0.25) is 0 Å². The van der Waals surface area contributed by atoms with Crippen molar-refractivity contribution in [3.8, 4) is 0 Å². The summed E-state index contributed by atoms with van der Waals surface area (Å²) in [4.78, 5) is 20.5. The summed E-state index contributed by atoms with van der Waals surface area (Å²) in [5, 5.41) is 8.50. The van der Waals surface area contributed by atoms with Crippen molar-refractivity contribution in [1.29, 1.82) is 0 Å². The molecule has 0 fully saturated rings. The molecule has 0 amide bonds. The number of aldehydes is 1. The van der Waals surface area contributed by atoms with Crippen LogP contribution in [0.15, 0.2) is 30.3 Å². The fourth-order valence-electron chi connectivity index (χ4n) is 1.57. The summed E-state index contributed by atoms with van der Waals surface area (Å²) in [5.41, 5.74) is -0.294. The predicted molar refractivity (Wildman–Crippen MR) is 90.9 cm³/mol. The van der Waals surface area contributed by atoms with E-state index in [1.807, 2.05) is 30.3 Å². The Kier molecular flexibility index (Phi) is 10.1. The van der Waals surface area contributed by atoms with Crippen LogP contribution in [0.25, 0.3) is 0 Å². The Labute approximate surface area is 143 Å². The van der Waals surface area contributed by atoms with Crippen LogP contribution in [0.1, 0.15) is 33.3 Å². The highest BCUT2D eigenvalue weighted by molar-refractivity contribution is 5.68. The van der Waals surface area contributed by atoms with Gasteiger partial charge in [0.2, 0.25) is 0 Å². The Morgan fingerprint density at radius 3 is 2.08 bits per heavy atom. The number of methoxy groups -OCH3 is 1. The normalized spacial score (nSPS) is 11.4. The van der Waals surface area contributed by atoms with Crippen LogP contribution in [-0.4, -0.2) is 48.9 Å². The molecule has 6 heteroatoms. The van der Waals surface area contributed by atoms with Crippen molar-refractivity contribution < 1.29 is 28.9 Å². The number of ether oxygens (including phenoxy) is 3. The quantitative estimate of drug-likeness (QED) is 0.696. The molecule has 0 heterocycles. The Hall–Kier alpha value is -1.76. The molecule has 0 aliphatic carbocycles. The smallest absolute Gasteiger partial charge is 0.329 e. The van der Waals surface area contributed by atoms with Gasteiger partial charge in [-0.1, -0.05) is 30.3 Å². The SMILES string of the molecule is CC(C)(OCC=O)C(C)(C)OCC(=O)O.COCc1ccccc1. The van der Waals surface area contributed by atoms with Crippen molar-refractivity contribution in [2.75, 3.05) is 20.3 Å². The molecule has 1 aromatic rings. The summed E-state index contributed by atoms with van der Waals surface area (Å²) in [5.74, 6) is -1.03. The van der Waals surface area contributed by atoms with E-state index < -0.39 is 17.2 Å². The first-order valence-corrected chi connectivity index (χ1v) is 7.62. The first-order chi connectivity index (χ1) is 11.2. The number of hydrogen-bond donors (Lipinski definition) is 1. The maximum absolute atomic E-state index is 10.4. The van der Waals surface area contributed by atoms with E-state index in [-0.39, 0.29) is 13.2 Å². The highest BCUT2D eigenvalue weighted by Gasteiger charge is 2.39. The van der Waals surface area contributed by atoms with E-state index in [1.165, 1.54) is 5.56 Å². The van der Waals surface area contributed by atoms with Gasteiger partial charge in [0.05, 0.1) is 17.8 Å². The van der Waals surface area contributed by atoms with Gasteiger partial charge in [-0.3, -0.25) is 0 Å². The molecule has 0 aliphatic rings. The summed E-state index contributed by atoms with van der Waals surface area (Å²) in [6, 6.07) is 10.1. The lowest BCUT2D eigenvalue weighted by Crippen LogP contribution is -2.50. The Morgan fingerprint density at radius 2 is 1.62 bits per heavy atom. The minimum absolute atomic E-state index is 0.0349. The summed E-state index contributed by atoms with van der Waals surface area (Å²) in [7, 11) is 1.70. The Bertz CT molecular complexity index is 482. The van der Waals surface area contributed by atoms with Crippen LogP contribution in [0.5, 0.6) is 0 Å². The predicted octanol–water partition coefficient (Wildman–Crippen LogP) is 2.69. The van der Waals surface area contributed by atoms with Gasteiger partial charge >= 0.3 is 5.97 Å². The lowest BCUT2D eigenvalue weighted by molar-refractivity contribution is -0.185. The van der Waals surface area contributed by atoms with Crippen molar-refractivity contribution >= 4 is 12.3 Å². The van der Waals surface area contributed by atoms with E-state index >= 15 is 0 Å². The van der Waals surface area contributed by atoms with E-state index in [0.717, 1.165) is 0 Å². The molecular formula is C18H28O6. The molecule has 0 bridgehead atoms. The third-order valence-electron chi connectivity index (χ3n) is 3.67. The fraction of sp³-hybridized carbons (Fsp3) is 0.556. The van der Waals surface area contributed by atoms with Crippen molar-refractivity contribution in [3.05, 3.63) is 35.9 Å². The second-order valence-corrected chi connectivity index (χ2v) is 6.10. The second kappa shape index (κ2) is 10.9. The molecule has 0 aromatic heterocycles. The lowest BCUT2D eigenvalue weighted by atomic mass is 9.89. The number of carbonyl (C=O) groups is 2. The standard InChI is InChI=1S/C10H18O5.C8H10O/c1-9(2,14-6-5-11)10(3,4)15-7-8(12)13;1-9-7-8-5-3-2-4-6-8/h5H,6-7H2,1-4H3,(H,12,13);2-6H,7H2,1H3. The van der Waals surface area contributed by atoms with Crippen LogP contribution in [0, 0.1) is 0 Å². The summed E-state index contributed by atoms with van der Waals surface area (Å²) >= 11 is 0. The van der Waals surface area contributed by atoms with E-state index in [4.69, 9.17) is 19.3 Å². The molecule has 136 valence electrons. The van der Waals surface area contributed by atoms with E-state index in [1.54, 1.807) is 34.8 Å². The number of benzene rings is 1. The van der Waals surface area contributed by atoms with Crippen molar-refractivity contribution in [3.63, 3.8) is 0 Å². The maximum Gasteiger partial charge on any atom is 0.329 e. The lowest BCUT2D eigenvalue weighted by Gasteiger charge is -2.40. The van der Waals surface area contributed by atoms with E-state index in [0.29, 0.717) is 12.9 Å². The third kappa shape index (κ3) is 8.76. The van der Waals surface area contributed by atoms with Gasteiger partial charge < -0.3 is 24.1 Å². The number of aliphatic carboxylic acids is 1. The largest absolute Gasteiger partial charge is 0.480 e. The average Bonchev–Trinajstić information content (AvgIpc) is 2.53. The van der Waals surface area contributed by atoms with Gasteiger partial charge in [0.15, 0.2) is 0 Å². The van der Waals surface area contributed by atoms with Gasteiger partial charge in [0.25, 0.3) is 0 Å². The molecule has 0 atom stereocenters. The number of carbonyl (C=O) groups excluding carboxylic acids is 1. The zero-order chi connectivity index (χ0) is 18.6. The topological polar surface area (TPSA) is 82.1 Å². The van der Waals surface area contributed by atoms with Crippen LogP contribution >= 0.6 is 0 Å². The molecule has 6 nitrogen and oxygen atoms in total. The third-order valence-corrected chi connectivity index (χ3v) is 3.67. The molecule has 1 rings (SSSR count). The van der Waals surface area contributed by atoms with Gasteiger partial charge in [-0.2, -0.15) is 0 Å². The molecule has 0 spiro atoms. The number of carboxylic acid groups (broad SMARTS) is 1. The first-order valence-electron chi connectivity index (χ1n) is 7.62. The van der Waals surface area contributed by atoms with E-state index in [9.17, 15) is 9.59 Å². The molecule has 1 aromatic carbocycles. The number of carboxylic acids is 1. The average molecular weight is 340 g/mol. The van der Waals surface area contributed by atoms with Crippen molar-refractivity contribution in [2.24, 2.45) is 0 Å². The maximum atomic E-state index is 10.4. The molecule has 0 saturated heterocycles.